The molecule has 3 saturated heterocycles. The van der Waals surface area contributed by atoms with Gasteiger partial charge in [0.25, 0.3) is 0 Å². The Balaban J connectivity index is 1.84. The van der Waals surface area contributed by atoms with E-state index in [1.54, 1.807) is 7.11 Å². The van der Waals surface area contributed by atoms with Crippen LogP contribution in [0.25, 0.3) is 0 Å². The van der Waals surface area contributed by atoms with Crippen molar-refractivity contribution < 1.29 is 28.4 Å². The lowest BCUT2D eigenvalue weighted by Gasteiger charge is -2.36. The van der Waals surface area contributed by atoms with Crippen molar-refractivity contribution in [1.82, 2.24) is 0 Å². The van der Waals surface area contributed by atoms with Gasteiger partial charge in [-0.05, 0) is 27.7 Å². The largest absolute Gasteiger partial charge is 0.382 e. The lowest BCUT2D eigenvalue weighted by molar-refractivity contribution is -0.241. The highest BCUT2D eigenvalue weighted by atomic mass is 16.9. The van der Waals surface area contributed by atoms with Crippen molar-refractivity contribution >= 4 is 0 Å². The van der Waals surface area contributed by atoms with E-state index in [0.29, 0.717) is 6.61 Å². The van der Waals surface area contributed by atoms with Crippen LogP contribution >= 0.6 is 0 Å². The molecule has 0 N–H and O–H groups in total. The van der Waals surface area contributed by atoms with Gasteiger partial charge in [0.2, 0.25) is 0 Å². The number of ether oxygens (including phenoxy) is 6. The number of methoxy groups -OCH3 is 1. The van der Waals surface area contributed by atoms with E-state index in [-0.39, 0.29) is 24.4 Å². The summed E-state index contributed by atoms with van der Waals surface area (Å²) in [5.74, 6) is -1.31. The topological polar surface area (TPSA) is 55.4 Å². The van der Waals surface area contributed by atoms with E-state index < -0.39 is 17.9 Å². The molecule has 0 aromatic carbocycles. The summed E-state index contributed by atoms with van der Waals surface area (Å²) in [5.41, 5.74) is 0. The Bertz CT molecular complexity index is 355. The first-order chi connectivity index (χ1) is 8.81. The lowest BCUT2D eigenvalue weighted by Crippen LogP contribution is -2.56. The maximum Gasteiger partial charge on any atom is 0.190 e. The minimum atomic E-state index is -0.669. The molecule has 0 amide bonds. The van der Waals surface area contributed by atoms with Crippen LogP contribution in [0.15, 0.2) is 0 Å². The maximum atomic E-state index is 5.97. The van der Waals surface area contributed by atoms with Crippen molar-refractivity contribution in [2.75, 3.05) is 13.7 Å². The van der Waals surface area contributed by atoms with Crippen molar-refractivity contribution in [3.8, 4) is 0 Å². The molecular weight excluding hydrogens is 252 g/mol. The Morgan fingerprint density at radius 2 is 1.42 bits per heavy atom. The van der Waals surface area contributed by atoms with Crippen LogP contribution in [0.1, 0.15) is 27.7 Å². The molecule has 0 radical (unpaired) electrons. The Labute approximate surface area is 113 Å². The Morgan fingerprint density at radius 3 is 2.11 bits per heavy atom. The molecule has 3 aliphatic heterocycles. The predicted octanol–water partition coefficient (Wildman–Crippen LogP) is 1.03. The van der Waals surface area contributed by atoms with E-state index in [9.17, 15) is 0 Å². The predicted molar refractivity (Wildman–Crippen MR) is 64.4 cm³/mol. The summed E-state index contributed by atoms with van der Waals surface area (Å²) in [5, 5.41) is 0. The molecule has 0 aromatic rings. The summed E-state index contributed by atoms with van der Waals surface area (Å²) in [7, 11) is 1.64. The van der Waals surface area contributed by atoms with Crippen LogP contribution < -0.4 is 0 Å². The molecule has 3 fully saturated rings. The molecule has 3 aliphatic rings. The average Bonchev–Trinajstić information content (AvgIpc) is 2.74. The van der Waals surface area contributed by atoms with Gasteiger partial charge in [0.1, 0.15) is 24.4 Å². The summed E-state index contributed by atoms with van der Waals surface area (Å²) < 4.78 is 34.7. The molecule has 110 valence electrons. The van der Waals surface area contributed by atoms with Gasteiger partial charge in [0.15, 0.2) is 17.9 Å². The van der Waals surface area contributed by atoms with Crippen LogP contribution in [0.3, 0.4) is 0 Å². The van der Waals surface area contributed by atoms with Crippen molar-refractivity contribution in [1.29, 1.82) is 0 Å². The second kappa shape index (κ2) is 4.38. The Hall–Kier alpha value is -0.240. The molecule has 6 heteroatoms. The quantitative estimate of drug-likeness (QED) is 0.749. The standard InChI is InChI=1S/C13H22O6/c1-12(2)16-8-7(6-14-5)15-11-10(9(8)17-12)18-13(3,4)19-11/h7-11H,6H2,1-5H3. The minimum Gasteiger partial charge on any atom is -0.382 e. The second-order valence-corrected chi connectivity index (χ2v) is 6.16. The molecule has 5 unspecified atom stereocenters. The van der Waals surface area contributed by atoms with Crippen LogP contribution in [0, 0.1) is 0 Å². The van der Waals surface area contributed by atoms with E-state index in [4.69, 9.17) is 28.4 Å². The molecule has 0 spiro atoms. The number of fused-ring (bicyclic) bond motifs is 3. The maximum absolute atomic E-state index is 5.97. The monoisotopic (exact) mass is 274 g/mol. The first-order valence-electron chi connectivity index (χ1n) is 6.67. The fourth-order valence-electron chi connectivity index (χ4n) is 2.99. The van der Waals surface area contributed by atoms with Gasteiger partial charge in [0.05, 0.1) is 6.61 Å². The van der Waals surface area contributed by atoms with Gasteiger partial charge in [-0.1, -0.05) is 0 Å². The smallest absolute Gasteiger partial charge is 0.190 e. The molecule has 0 aromatic heterocycles. The highest BCUT2D eigenvalue weighted by Crippen LogP contribution is 2.43. The van der Waals surface area contributed by atoms with E-state index in [0.717, 1.165) is 0 Å². The van der Waals surface area contributed by atoms with E-state index in [1.165, 1.54) is 0 Å². The van der Waals surface area contributed by atoms with Gasteiger partial charge in [-0.2, -0.15) is 0 Å². The highest BCUT2D eigenvalue weighted by Gasteiger charge is 2.60. The van der Waals surface area contributed by atoms with Gasteiger partial charge < -0.3 is 28.4 Å². The number of hydrogen-bond acceptors (Lipinski definition) is 6. The Kier molecular flexibility index (Phi) is 3.16. The summed E-state index contributed by atoms with van der Waals surface area (Å²) in [6.07, 6.45) is -1.32. The normalized spacial score (nSPS) is 46.9. The van der Waals surface area contributed by atoms with Crippen molar-refractivity contribution in [3.05, 3.63) is 0 Å². The van der Waals surface area contributed by atoms with Crippen molar-refractivity contribution in [2.24, 2.45) is 0 Å². The molecule has 3 rings (SSSR count). The SMILES string of the molecule is COCC1OC2OC(C)(C)OC2C2OC(C)(C)OC12. The van der Waals surface area contributed by atoms with Crippen LogP contribution in [0.2, 0.25) is 0 Å². The summed E-state index contributed by atoms with van der Waals surface area (Å²) in [6, 6.07) is 0. The summed E-state index contributed by atoms with van der Waals surface area (Å²) in [4.78, 5) is 0. The third kappa shape index (κ3) is 2.41. The van der Waals surface area contributed by atoms with Crippen LogP contribution in [-0.4, -0.2) is 56.0 Å². The first kappa shape index (κ1) is 13.7. The third-order valence-electron chi connectivity index (χ3n) is 3.58. The van der Waals surface area contributed by atoms with Gasteiger partial charge >= 0.3 is 0 Å². The molecule has 19 heavy (non-hydrogen) atoms. The van der Waals surface area contributed by atoms with Gasteiger partial charge in [-0.3, -0.25) is 0 Å². The molecule has 0 saturated carbocycles. The number of hydrogen-bond donors (Lipinski definition) is 0. The summed E-state index contributed by atoms with van der Waals surface area (Å²) >= 11 is 0. The highest BCUT2D eigenvalue weighted by molar-refractivity contribution is 4.99. The summed E-state index contributed by atoms with van der Waals surface area (Å²) in [6.45, 7) is 7.97. The molecule has 0 aliphatic carbocycles. The van der Waals surface area contributed by atoms with Crippen LogP contribution in [-0.2, 0) is 28.4 Å². The van der Waals surface area contributed by atoms with E-state index >= 15 is 0 Å². The first-order valence-corrected chi connectivity index (χ1v) is 6.67. The fourth-order valence-corrected chi connectivity index (χ4v) is 2.99. The van der Waals surface area contributed by atoms with Crippen LogP contribution in [0.4, 0.5) is 0 Å². The Morgan fingerprint density at radius 1 is 0.842 bits per heavy atom. The zero-order chi connectivity index (χ0) is 13.8. The zero-order valence-corrected chi connectivity index (χ0v) is 12.0. The second-order valence-electron chi connectivity index (χ2n) is 6.16. The molecule has 3 heterocycles. The zero-order valence-electron chi connectivity index (χ0n) is 12.0. The van der Waals surface area contributed by atoms with Crippen molar-refractivity contribution in [2.45, 2.75) is 70.0 Å². The third-order valence-corrected chi connectivity index (χ3v) is 3.58. The molecular formula is C13H22O6. The van der Waals surface area contributed by atoms with Crippen molar-refractivity contribution in [3.63, 3.8) is 0 Å². The fraction of sp³-hybridized carbons (Fsp3) is 1.00. The van der Waals surface area contributed by atoms with E-state index in [2.05, 4.69) is 0 Å². The average molecular weight is 274 g/mol. The molecule has 6 nitrogen and oxygen atoms in total. The lowest BCUT2D eigenvalue weighted by atomic mass is 9.99. The molecule has 0 bridgehead atoms. The minimum absolute atomic E-state index is 0.198. The van der Waals surface area contributed by atoms with Crippen LogP contribution in [0.5, 0.6) is 0 Å². The van der Waals surface area contributed by atoms with Gasteiger partial charge in [0, 0.05) is 7.11 Å². The van der Waals surface area contributed by atoms with E-state index in [1.807, 2.05) is 27.7 Å². The number of rotatable bonds is 2. The van der Waals surface area contributed by atoms with Gasteiger partial charge in [-0.25, -0.2) is 0 Å². The van der Waals surface area contributed by atoms with Gasteiger partial charge in [-0.15, -0.1) is 0 Å². The molecule has 5 atom stereocenters.